The Hall–Kier alpha value is -2.36. The van der Waals surface area contributed by atoms with Crippen molar-refractivity contribution in [1.29, 1.82) is 0 Å². The minimum Gasteiger partial charge on any atom is -0.317 e. The second-order valence-electron chi connectivity index (χ2n) is 5.71. The maximum Gasteiger partial charge on any atom is 0.322 e. The molecule has 4 heteroatoms. The molecule has 0 unspecified atom stereocenters. The van der Waals surface area contributed by atoms with E-state index in [1.807, 2.05) is 37.3 Å². The lowest BCUT2D eigenvalue weighted by atomic mass is 10.0. The van der Waals surface area contributed by atoms with E-state index in [1.54, 1.807) is 11.0 Å². The summed E-state index contributed by atoms with van der Waals surface area (Å²) in [4.78, 5) is 14.3. The van der Waals surface area contributed by atoms with Crippen molar-refractivity contribution in [1.82, 2.24) is 4.90 Å². The largest absolute Gasteiger partial charge is 0.322 e. The summed E-state index contributed by atoms with van der Waals surface area (Å²) in [6, 6.07) is 14.0. The van der Waals surface area contributed by atoms with E-state index in [9.17, 15) is 9.18 Å². The molecule has 0 spiro atoms. The number of hydrogen-bond acceptors (Lipinski definition) is 1. The predicted octanol–water partition coefficient (Wildman–Crippen LogP) is 4.50. The number of halogens is 1. The minimum absolute atomic E-state index is 0.0551. The first-order valence-electron chi connectivity index (χ1n) is 7.53. The molecule has 0 aromatic heterocycles. The van der Waals surface area contributed by atoms with Gasteiger partial charge in [0.15, 0.2) is 0 Å². The third kappa shape index (κ3) is 3.11. The fraction of sp³-hybridized carbons (Fsp3) is 0.278. The van der Waals surface area contributed by atoms with Gasteiger partial charge in [0.2, 0.25) is 0 Å². The Morgan fingerprint density at radius 1 is 1.23 bits per heavy atom. The second kappa shape index (κ2) is 6.18. The maximum atomic E-state index is 13.4. The van der Waals surface area contributed by atoms with Gasteiger partial charge in [-0.25, -0.2) is 9.18 Å². The van der Waals surface area contributed by atoms with Gasteiger partial charge in [0.05, 0.1) is 6.04 Å². The number of carbonyl (C=O) groups excluding carboxylic acids is 1. The Kier molecular flexibility index (Phi) is 4.09. The van der Waals surface area contributed by atoms with Gasteiger partial charge in [-0.15, -0.1) is 0 Å². The van der Waals surface area contributed by atoms with E-state index in [2.05, 4.69) is 5.32 Å². The molecule has 2 aromatic rings. The number of aryl methyl sites for hydroxylation is 1. The molecule has 0 radical (unpaired) electrons. The predicted molar refractivity (Wildman–Crippen MR) is 85.3 cm³/mol. The van der Waals surface area contributed by atoms with Crippen molar-refractivity contribution in [2.75, 3.05) is 11.9 Å². The summed E-state index contributed by atoms with van der Waals surface area (Å²) < 4.78 is 13.4. The van der Waals surface area contributed by atoms with Crippen molar-refractivity contribution in [2.24, 2.45) is 0 Å². The van der Waals surface area contributed by atoms with E-state index in [-0.39, 0.29) is 17.9 Å². The summed E-state index contributed by atoms with van der Waals surface area (Å²) in [6.07, 6.45) is 1.80. The lowest BCUT2D eigenvalue weighted by molar-refractivity contribution is 0.207. The Morgan fingerprint density at radius 3 is 2.82 bits per heavy atom. The fourth-order valence-electron chi connectivity index (χ4n) is 2.99. The van der Waals surface area contributed by atoms with Crippen LogP contribution in [0.4, 0.5) is 14.9 Å². The highest BCUT2D eigenvalue weighted by molar-refractivity contribution is 5.89. The van der Waals surface area contributed by atoms with Crippen LogP contribution >= 0.6 is 0 Å². The summed E-state index contributed by atoms with van der Waals surface area (Å²) in [7, 11) is 0. The van der Waals surface area contributed by atoms with Gasteiger partial charge in [-0.3, -0.25) is 0 Å². The standard InChI is InChI=1S/C18H19FN2O/c1-13-5-2-8-16(11-13)20-18(22)21-10-4-9-17(21)14-6-3-7-15(19)12-14/h2-3,5-8,11-12,17H,4,9-10H2,1H3,(H,20,22)/t17-/m0/s1. The summed E-state index contributed by atoms with van der Waals surface area (Å²) in [5, 5.41) is 2.93. The molecule has 1 aliphatic heterocycles. The van der Waals surface area contributed by atoms with Crippen LogP contribution in [0.5, 0.6) is 0 Å². The molecule has 3 nitrogen and oxygen atoms in total. The summed E-state index contributed by atoms with van der Waals surface area (Å²) >= 11 is 0. The first-order chi connectivity index (χ1) is 10.6. The molecule has 1 N–H and O–H groups in total. The van der Waals surface area contributed by atoms with Crippen LogP contribution in [-0.2, 0) is 0 Å². The van der Waals surface area contributed by atoms with Gasteiger partial charge in [-0.1, -0.05) is 24.3 Å². The van der Waals surface area contributed by atoms with Crippen LogP contribution in [0.1, 0.15) is 30.0 Å². The Labute approximate surface area is 129 Å². The Balaban J connectivity index is 1.76. The van der Waals surface area contributed by atoms with Crippen LogP contribution in [0.25, 0.3) is 0 Å². The van der Waals surface area contributed by atoms with Crippen molar-refractivity contribution >= 4 is 11.7 Å². The molecule has 2 amide bonds. The second-order valence-corrected chi connectivity index (χ2v) is 5.71. The number of hydrogen-bond donors (Lipinski definition) is 1. The number of amides is 2. The lowest BCUT2D eigenvalue weighted by Crippen LogP contribution is -2.34. The SMILES string of the molecule is Cc1cccc(NC(=O)N2CCC[C@H]2c2cccc(F)c2)c1. The molecule has 114 valence electrons. The molecule has 1 aliphatic rings. The van der Waals surface area contributed by atoms with E-state index in [4.69, 9.17) is 0 Å². The summed E-state index contributed by atoms with van der Waals surface area (Å²) in [6.45, 7) is 2.68. The van der Waals surface area contributed by atoms with E-state index in [0.29, 0.717) is 6.54 Å². The van der Waals surface area contributed by atoms with Crippen molar-refractivity contribution in [3.63, 3.8) is 0 Å². The number of carbonyl (C=O) groups is 1. The molecule has 22 heavy (non-hydrogen) atoms. The van der Waals surface area contributed by atoms with Crippen LogP contribution in [0.2, 0.25) is 0 Å². The van der Waals surface area contributed by atoms with Crippen molar-refractivity contribution in [3.05, 3.63) is 65.5 Å². The van der Waals surface area contributed by atoms with Gasteiger partial charge in [-0.2, -0.15) is 0 Å². The van der Waals surface area contributed by atoms with Gasteiger partial charge in [0.1, 0.15) is 5.82 Å². The zero-order valence-corrected chi connectivity index (χ0v) is 12.6. The molecule has 1 heterocycles. The number of nitrogens with one attached hydrogen (secondary N) is 1. The van der Waals surface area contributed by atoms with Gasteiger partial charge < -0.3 is 10.2 Å². The Bertz CT molecular complexity index is 686. The van der Waals surface area contributed by atoms with E-state index < -0.39 is 0 Å². The van der Waals surface area contributed by atoms with Crippen molar-refractivity contribution < 1.29 is 9.18 Å². The number of rotatable bonds is 2. The molecule has 3 rings (SSSR count). The van der Waals surface area contributed by atoms with Crippen molar-refractivity contribution in [2.45, 2.75) is 25.8 Å². The highest BCUT2D eigenvalue weighted by atomic mass is 19.1. The number of nitrogens with zero attached hydrogens (tertiary/aromatic N) is 1. The molecule has 0 saturated carbocycles. The zero-order chi connectivity index (χ0) is 15.5. The third-order valence-electron chi connectivity index (χ3n) is 4.02. The number of anilines is 1. The monoisotopic (exact) mass is 298 g/mol. The number of urea groups is 1. The zero-order valence-electron chi connectivity index (χ0n) is 12.6. The molecular weight excluding hydrogens is 279 g/mol. The van der Waals surface area contributed by atoms with E-state index >= 15 is 0 Å². The highest BCUT2D eigenvalue weighted by Crippen LogP contribution is 2.32. The van der Waals surface area contributed by atoms with Gasteiger partial charge in [0, 0.05) is 12.2 Å². The molecule has 0 aliphatic carbocycles. The minimum atomic E-state index is -0.261. The average molecular weight is 298 g/mol. The van der Waals surface area contributed by atoms with Crippen molar-refractivity contribution in [3.8, 4) is 0 Å². The van der Waals surface area contributed by atoms with Crippen LogP contribution in [-0.4, -0.2) is 17.5 Å². The van der Waals surface area contributed by atoms with Crippen LogP contribution < -0.4 is 5.32 Å². The number of benzene rings is 2. The van der Waals surface area contributed by atoms with E-state index in [0.717, 1.165) is 29.7 Å². The summed E-state index contributed by atoms with van der Waals surface area (Å²) in [5.41, 5.74) is 2.74. The molecule has 1 atom stereocenters. The third-order valence-corrected chi connectivity index (χ3v) is 4.02. The quantitative estimate of drug-likeness (QED) is 0.869. The van der Waals surface area contributed by atoms with Gasteiger partial charge in [0.25, 0.3) is 0 Å². The molecule has 1 saturated heterocycles. The summed E-state index contributed by atoms with van der Waals surface area (Å²) in [5.74, 6) is -0.261. The first-order valence-corrected chi connectivity index (χ1v) is 7.53. The Morgan fingerprint density at radius 2 is 2.05 bits per heavy atom. The highest BCUT2D eigenvalue weighted by Gasteiger charge is 2.30. The smallest absolute Gasteiger partial charge is 0.317 e. The molecule has 1 fully saturated rings. The van der Waals surface area contributed by atoms with Crippen LogP contribution in [0, 0.1) is 12.7 Å². The lowest BCUT2D eigenvalue weighted by Gasteiger charge is -2.25. The molecule has 2 aromatic carbocycles. The molecular formula is C18H19FN2O. The van der Waals surface area contributed by atoms with Gasteiger partial charge in [-0.05, 0) is 55.2 Å². The van der Waals surface area contributed by atoms with Crippen LogP contribution in [0.3, 0.4) is 0 Å². The topological polar surface area (TPSA) is 32.3 Å². The van der Waals surface area contributed by atoms with Gasteiger partial charge >= 0.3 is 6.03 Å². The average Bonchev–Trinajstić information content (AvgIpc) is 2.97. The van der Waals surface area contributed by atoms with Crippen LogP contribution in [0.15, 0.2) is 48.5 Å². The fourth-order valence-corrected chi connectivity index (χ4v) is 2.99. The maximum absolute atomic E-state index is 13.4. The normalized spacial score (nSPS) is 17.5. The number of likely N-dealkylation sites (tertiary alicyclic amines) is 1. The first kappa shape index (κ1) is 14.6. The molecule has 0 bridgehead atoms. The van der Waals surface area contributed by atoms with E-state index in [1.165, 1.54) is 12.1 Å².